The van der Waals surface area contributed by atoms with Gasteiger partial charge in [0.15, 0.2) is 0 Å². The lowest BCUT2D eigenvalue weighted by atomic mass is 10.1. The minimum absolute atomic E-state index is 0.104. The van der Waals surface area contributed by atoms with Crippen molar-refractivity contribution < 1.29 is 9.59 Å². The van der Waals surface area contributed by atoms with Crippen molar-refractivity contribution in [2.75, 3.05) is 0 Å². The molecule has 114 valence electrons. The summed E-state index contributed by atoms with van der Waals surface area (Å²) in [5.74, 6) is -1.15. The third-order valence-corrected chi connectivity index (χ3v) is 3.40. The van der Waals surface area contributed by atoms with E-state index in [4.69, 9.17) is 5.26 Å². The lowest BCUT2D eigenvalue weighted by molar-refractivity contribution is -0.117. The normalized spacial score (nSPS) is 10.5. The average Bonchev–Trinajstić information content (AvgIpc) is 2.58. The summed E-state index contributed by atoms with van der Waals surface area (Å²) in [5.41, 5.74) is 5.50. The summed E-state index contributed by atoms with van der Waals surface area (Å²) in [4.78, 5) is 23.8. The van der Waals surface area contributed by atoms with Crippen LogP contribution in [-0.4, -0.2) is 11.8 Å². The summed E-state index contributed by atoms with van der Waals surface area (Å²) in [6, 6.07) is 17.4. The Morgan fingerprint density at radius 3 is 2.26 bits per heavy atom. The van der Waals surface area contributed by atoms with Gasteiger partial charge in [0, 0.05) is 10.0 Å². The third kappa shape index (κ3) is 4.80. The highest BCUT2D eigenvalue weighted by Crippen LogP contribution is 2.10. The number of carbonyl (C=O) groups excluding carboxylic acids is 2. The van der Waals surface area contributed by atoms with E-state index >= 15 is 0 Å². The molecule has 0 aliphatic heterocycles. The van der Waals surface area contributed by atoms with E-state index in [1.165, 1.54) is 6.08 Å². The molecule has 0 radical (unpaired) electrons. The molecule has 2 aromatic rings. The molecule has 0 bridgehead atoms. The fourth-order valence-corrected chi connectivity index (χ4v) is 1.98. The zero-order valence-electron chi connectivity index (χ0n) is 11.9. The molecule has 6 heteroatoms. The van der Waals surface area contributed by atoms with Crippen molar-refractivity contribution in [3.05, 3.63) is 75.8 Å². The standard InChI is InChI=1S/C17H12BrN3O2/c18-15-8-6-13(7-9-15)16(22)20-21-17(23)14(11-19)10-12-4-2-1-3-5-12/h1-10H,(H,20,22)(H,21,23)/b14-10+. The Labute approximate surface area is 141 Å². The molecule has 5 nitrogen and oxygen atoms in total. The van der Waals surface area contributed by atoms with Gasteiger partial charge in [-0.25, -0.2) is 0 Å². The molecular weight excluding hydrogens is 358 g/mol. The lowest BCUT2D eigenvalue weighted by Gasteiger charge is -2.07. The predicted molar refractivity (Wildman–Crippen MR) is 89.8 cm³/mol. The van der Waals surface area contributed by atoms with Crippen LogP contribution in [0.2, 0.25) is 0 Å². The molecule has 0 saturated heterocycles. The fraction of sp³-hybridized carbons (Fsp3) is 0. The maximum atomic E-state index is 11.9. The van der Waals surface area contributed by atoms with Crippen LogP contribution in [0.15, 0.2) is 64.6 Å². The number of nitrogens with zero attached hydrogens (tertiary/aromatic N) is 1. The van der Waals surface area contributed by atoms with E-state index in [2.05, 4.69) is 26.8 Å². The van der Waals surface area contributed by atoms with Gasteiger partial charge < -0.3 is 0 Å². The monoisotopic (exact) mass is 369 g/mol. The van der Waals surface area contributed by atoms with Gasteiger partial charge in [-0.15, -0.1) is 0 Å². The number of hydrogen-bond acceptors (Lipinski definition) is 3. The van der Waals surface area contributed by atoms with Gasteiger partial charge in [0.05, 0.1) is 0 Å². The number of nitriles is 1. The first kappa shape index (κ1) is 16.5. The summed E-state index contributed by atoms with van der Waals surface area (Å²) < 4.78 is 0.843. The smallest absolute Gasteiger partial charge is 0.267 e. The van der Waals surface area contributed by atoms with E-state index in [1.807, 2.05) is 12.1 Å². The molecule has 2 rings (SSSR count). The van der Waals surface area contributed by atoms with Crippen LogP contribution >= 0.6 is 15.9 Å². The van der Waals surface area contributed by atoms with E-state index in [1.54, 1.807) is 48.5 Å². The minimum atomic E-state index is -0.679. The number of benzene rings is 2. The van der Waals surface area contributed by atoms with Crippen LogP contribution in [0.1, 0.15) is 15.9 Å². The van der Waals surface area contributed by atoms with Gasteiger partial charge in [0.1, 0.15) is 11.6 Å². The summed E-state index contributed by atoms with van der Waals surface area (Å²) in [5, 5.41) is 9.07. The average molecular weight is 370 g/mol. The Kier molecular flexibility index (Phi) is 5.67. The van der Waals surface area contributed by atoms with Gasteiger partial charge in [0.2, 0.25) is 0 Å². The summed E-state index contributed by atoms with van der Waals surface area (Å²) in [6.45, 7) is 0. The number of rotatable bonds is 3. The van der Waals surface area contributed by atoms with Gasteiger partial charge in [-0.1, -0.05) is 46.3 Å². The van der Waals surface area contributed by atoms with Crippen LogP contribution in [0.25, 0.3) is 6.08 Å². The molecular formula is C17H12BrN3O2. The maximum absolute atomic E-state index is 11.9. The Hall–Kier alpha value is -2.91. The second-order valence-corrected chi connectivity index (χ2v) is 5.41. The molecule has 0 heterocycles. The lowest BCUT2D eigenvalue weighted by Crippen LogP contribution is -2.42. The fourth-order valence-electron chi connectivity index (χ4n) is 1.72. The number of halogens is 1. The quantitative estimate of drug-likeness (QED) is 0.495. The number of hydrogen-bond donors (Lipinski definition) is 2. The maximum Gasteiger partial charge on any atom is 0.280 e. The Bertz CT molecular complexity index is 778. The molecule has 0 aliphatic rings. The first-order valence-electron chi connectivity index (χ1n) is 6.63. The number of hydrazine groups is 1. The minimum Gasteiger partial charge on any atom is -0.267 e. The molecule has 2 N–H and O–H groups in total. The molecule has 0 saturated carbocycles. The van der Waals surface area contributed by atoms with Gasteiger partial charge in [-0.3, -0.25) is 20.4 Å². The molecule has 23 heavy (non-hydrogen) atoms. The highest BCUT2D eigenvalue weighted by molar-refractivity contribution is 9.10. The van der Waals surface area contributed by atoms with Crippen molar-refractivity contribution in [2.24, 2.45) is 0 Å². The Morgan fingerprint density at radius 2 is 1.65 bits per heavy atom. The molecule has 2 amide bonds. The van der Waals surface area contributed by atoms with Gasteiger partial charge in [-0.05, 0) is 35.9 Å². The summed E-state index contributed by atoms with van der Waals surface area (Å²) in [6.07, 6.45) is 1.45. The van der Waals surface area contributed by atoms with Crippen LogP contribution in [0.5, 0.6) is 0 Å². The molecule has 0 aromatic heterocycles. The second kappa shape index (κ2) is 7.92. The van der Waals surface area contributed by atoms with E-state index < -0.39 is 11.8 Å². The summed E-state index contributed by atoms with van der Waals surface area (Å²) >= 11 is 3.27. The number of carbonyl (C=O) groups is 2. The van der Waals surface area contributed by atoms with E-state index in [0.717, 1.165) is 10.0 Å². The molecule has 0 unspecified atom stereocenters. The highest BCUT2D eigenvalue weighted by Gasteiger charge is 2.11. The van der Waals surface area contributed by atoms with Crippen LogP contribution < -0.4 is 10.9 Å². The van der Waals surface area contributed by atoms with Crippen molar-refractivity contribution in [1.82, 2.24) is 10.9 Å². The van der Waals surface area contributed by atoms with Crippen molar-refractivity contribution >= 4 is 33.8 Å². The molecule has 0 atom stereocenters. The van der Waals surface area contributed by atoms with Gasteiger partial charge in [-0.2, -0.15) is 5.26 Å². The van der Waals surface area contributed by atoms with Crippen molar-refractivity contribution in [3.63, 3.8) is 0 Å². The third-order valence-electron chi connectivity index (χ3n) is 2.87. The molecule has 0 fully saturated rings. The second-order valence-electron chi connectivity index (χ2n) is 4.50. The SMILES string of the molecule is N#C/C(=C\c1ccccc1)C(=O)NNC(=O)c1ccc(Br)cc1. The van der Waals surface area contributed by atoms with Crippen LogP contribution in [0, 0.1) is 11.3 Å². The number of nitrogens with one attached hydrogen (secondary N) is 2. The van der Waals surface area contributed by atoms with Crippen molar-refractivity contribution in [3.8, 4) is 6.07 Å². The van der Waals surface area contributed by atoms with Crippen LogP contribution in [0.4, 0.5) is 0 Å². The predicted octanol–water partition coefficient (Wildman–Crippen LogP) is 2.82. The first-order chi connectivity index (χ1) is 11.1. The van der Waals surface area contributed by atoms with E-state index in [9.17, 15) is 9.59 Å². The van der Waals surface area contributed by atoms with Crippen LogP contribution in [0.3, 0.4) is 0 Å². The number of amides is 2. The Balaban J connectivity index is 2.00. The first-order valence-corrected chi connectivity index (χ1v) is 7.42. The molecule has 2 aromatic carbocycles. The molecule has 0 aliphatic carbocycles. The van der Waals surface area contributed by atoms with Gasteiger partial charge >= 0.3 is 0 Å². The summed E-state index contributed by atoms with van der Waals surface area (Å²) in [7, 11) is 0. The Morgan fingerprint density at radius 1 is 1.00 bits per heavy atom. The zero-order valence-corrected chi connectivity index (χ0v) is 13.5. The van der Waals surface area contributed by atoms with Crippen molar-refractivity contribution in [1.29, 1.82) is 5.26 Å². The zero-order chi connectivity index (χ0) is 16.7. The highest BCUT2D eigenvalue weighted by atomic mass is 79.9. The largest absolute Gasteiger partial charge is 0.280 e. The van der Waals surface area contributed by atoms with Crippen LogP contribution in [-0.2, 0) is 4.79 Å². The van der Waals surface area contributed by atoms with E-state index in [-0.39, 0.29) is 5.57 Å². The van der Waals surface area contributed by atoms with Gasteiger partial charge in [0.25, 0.3) is 11.8 Å². The molecule has 0 spiro atoms. The van der Waals surface area contributed by atoms with E-state index in [0.29, 0.717) is 5.56 Å². The van der Waals surface area contributed by atoms with Crippen molar-refractivity contribution in [2.45, 2.75) is 0 Å². The topological polar surface area (TPSA) is 82.0 Å².